The second kappa shape index (κ2) is 3.71. The fourth-order valence-corrected chi connectivity index (χ4v) is 1.25. The van der Waals surface area contributed by atoms with Crippen molar-refractivity contribution in [3.63, 3.8) is 0 Å². The van der Waals surface area contributed by atoms with E-state index in [9.17, 15) is 13.2 Å². The predicted molar refractivity (Wildman–Crippen MR) is 44.3 cm³/mol. The summed E-state index contributed by atoms with van der Waals surface area (Å²) in [7, 11) is 0. The van der Waals surface area contributed by atoms with Crippen LogP contribution in [-0.4, -0.2) is 12.7 Å². The van der Waals surface area contributed by atoms with Gasteiger partial charge in [-0.3, -0.25) is 0 Å². The molecule has 1 aromatic heterocycles. The third-order valence-corrected chi connectivity index (χ3v) is 1.99. The standard InChI is InChI=1S/C7H7BrF3NO/c8-6-2-1-5(13-6)4(3-12)7(9,10)11/h1-2,4H,3,12H2. The molecule has 0 saturated carbocycles. The van der Waals surface area contributed by atoms with Crippen molar-refractivity contribution < 1.29 is 17.6 Å². The Morgan fingerprint density at radius 2 is 2.08 bits per heavy atom. The Balaban J connectivity index is 2.91. The van der Waals surface area contributed by atoms with Gasteiger partial charge in [0.2, 0.25) is 0 Å². The lowest BCUT2D eigenvalue weighted by molar-refractivity contribution is -0.151. The average Bonchev–Trinajstić information content (AvgIpc) is 2.34. The van der Waals surface area contributed by atoms with Gasteiger partial charge in [0.15, 0.2) is 4.67 Å². The van der Waals surface area contributed by atoms with Crippen LogP contribution in [-0.2, 0) is 0 Å². The van der Waals surface area contributed by atoms with E-state index < -0.39 is 18.6 Å². The van der Waals surface area contributed by atoms with Crippen LogP contribution >= 0.6 is 15.9 Å². The minimum absolute atomic E-state index is 0.165. The van der Waals surface area contributed by atoms with E-state index in [0.29, 0.717) is 0 Å². The summed E-state index contributed by atoms with van der Waals surface area (Å²) in [5.74, 6) is -1.89. The van der Waals surface area contributed by atoms with E-state index in [2.05, 4.69) is 15.9 Å². The maximum atomic E-state index is 12.3. The van der Waals surface area contributed by atoms with Crippen molar-refractivity contribution in [1.82, 2.24) is 0 Å². The average molecular weight is 258 g/mol. The SMILES string of the molecule is NCC(c1ccc(Br)o1)C(F)(F)F. The van der Waals surface area contributed by atoms with Crippen LogP contribution in [0.1, 0.15) is 11.7 Å². The van der Waals surface area contributed by atoms with Crippen molar-refractivity contribution in [2.24, 2.45) is 5.73 Å². The first-order chi connectivity index (χ1) is 5.95. The largest absolute Gasteiger partial charge is 0.454 e. The zero-order valence-corrected chi connectivity index (χ0v) is 8.02. The highest BCUT2D eigenvalue weighted by Gasteiger charge is 2.41. The third kappa shape index (κ3) is 2.47. The first-order valence-corrected chi connectivity index (χ1v) is 4.26. The van der Waals surface area contributed by atoms with Crippen molar-refractivity contribution in [3.8, 4) is 0 Å². The van der Waals surface area contributed by atoms with Crippen LogP contribution < -0.4 is 5.73 Å². The molecule has 0 aliphatic rings. The smallest absolute Gasteiger partial charge is 0.399 e. The van der Waals surface area contributed by atoms with Gasteiger partial charge in [-0.15, -0.1) is 0 Å². The molecule has 0 spiro atoms. The highest BCUT2D eigenvalue weighted by molar-refractivity contribution is 9.10. The lowest BCUT2D eigenvalue weighted by Gasteiger charge is -2.15. The van der Waals surface area contributed by atoms with Gasteiger partial charge in [-0.2, -0.15) is 13.2 Å². The lowest BCUT2D eigenvalue weighted by atomic mass is 10.1. The Morgan fingerprint density at radius 3 is 2.38 bits per heavy atom. The summed E-state index contributed by atoms with van der Waals surface area (Å²) in [5.41, 5.74) is 5.00. The van der Waals surface area contributed by atoms with Gasteiger partial charge in [-0.25, -0.2) is 0 Å². The van der Waals surface area contributed by atoms with E-state index in [1.807, 2.05) is 0 Å². The molecule has 0 aliphatic carbocycles. The Bertz CT molecular complexity index is 284. The number of alkyl halides is 3. The highest BCUT2D eigenvalue weighted by atomic mass is 79.9. The maximum Gasteiger partial charge on any atom is 0.399 e. The Labute approximate surface area is 81.0 Å². The third-order valence-electron chi connectivity index (χ3n) is 1.57. The number of rotatable bonds is 2. The number of nitrogens with two attached hydrogens (primary N) is 1. The fourth-order valence-electron chi connectivity index (χ4n) is 0.927. The molecule has 0 fully saturated rings. The number of halogens is 4. The van der Waals surface area contributed by atoms with Crippen LogP contribution in [0, 0.1) is 0 Å². The zero-order valence-electron chi connectivity index (χ0n) is 6.44. The maximum absolute atomic E-state index is 12.3. The second-order valence-corrected chi connectivity index (χ2v) is 3.25. The summed E-state index contributed by atoms with van der Waals surface area (Å²) in [4.78, 5) is 0. The molecule has 0 bridgehead atoms. The van der Waals surface area contributed by atoms with Crippen LogP contribution in [0.2, 0.25) is 0 Å². The molecule has 6 heteroatoms. The Morgan fingerprint density at radius 1 is 1.46 bits per heavy atom. The number of furan rings is 1. The molecule has 1 heterocycles. The molecule has 1 atom stereocenters. The monoisotopic (exact) mass is 257 g/mol. The molecule has 1 rings (SSSR count). The molecule has 0 saturated heterocycles. The van der Waals surface area contributed by atoms with Gasteiger partial charge in [0.05, 0.1) is 0 Å². The second-order valence-electron chi connectivity index (χ2n) is 2.47. The number of hydrogen-bond donors (Lipinski definition) is 1. The molecular formula is C7H7BrF3NO. The molecule has 13 heavy (non-hydrogen) atoms. The molecule has 2 nitrogen and oxygen atoms in total. The summed E-state index contributed by atoms with van der Waals surface area (Å²) >= 11 is 2.92. The van der Waals surface area contributed by atoms with E-state index in [0.717, 1.165) is 0 Å². The van der Waals surface area contributed by atoms with Crippen LogP contribution in [0.4, 0.5) is 13.2 Å². The molecule has 74 valence electrons. The van der Waals surface area contributed by atoms with Gasteiger partial charge >= 0.3 is 6.18 Å². The molecular weight excluding hydrogens is 251 g/mol. The minimum atomic E-state index is -4.36. The summed E-state index contributed by atoms with van der Waals surface area (Å²) in [6.07, 6.45) is -4.36. The van der Waals surface area contributed by atoms with E-state index in [-0.39, 0.29) is 10.4 Å². The van der Waals surface area contributed by atoms with Crippen molar-refractivity contribution in [1.29, 1.82) is 0 Å². The van der Waals surface area contributed by atoms with E-state index >= 15 is 0 Å². The van der Waals surface area contributed by atoms with E-state index in [4.69, 9.17) is 10.2 Å². The van der Waals surface area contributed by atoms with Crippen molar-refractivity contribution in [2.75, 3.05) is 6.54 Å². The van der Waals surface area contributed by atoms with Crippen LogP contribution in [0.3, 0.4) is 0 Å². The van der Waals surface area contributed by atoms with Crippen molar-refractivity contribution in [3.05, 3.63) is 22.6 Å². The van der Waals surface area contributed by atoms with Gasteiger partial charge < -0.3 is 10.2 Å². The van der Waals surface area contributed by atoms with E-state index in [1.54, 1.807) is 0 Å². The predicted octanol–water partition coefficient (Wildman–Crippen LogP) is 2.65. The van der Waals surface area contributed by atoms with Gasteiger partial charge in [0, 0.05) is 6.54 Å². The quantitative estimate of drug-likeness (QED) is 0.885. The Hall–Kier alpha value is -0.490. The summed E-state index contributed by atoms with van der Waals surface area (Å²) < 4.78 is 41.8. The van der Waals surface area contributed by atoms with Gasteiger partial charge in [-0.05, 0) is 28.1 Å². The molecule has 1 aromatic rings. The minimum Gasteiger partial charge on any atom is -0.454 e. The molecule has 1 unspecified atom stereocenters. The zero-order chi connectivity index (χ0) is 10.1. The van der Waals surface area contributed by atoms with Crippen LogP contribution in [0.15, 0.2) is 21.2 Å². The Kier molecular flexibility index (Phi) is 3.02. The van der Waals surface area contributed by atoms with E-state index in [1.165, 1.54) is 12.1 Å². The van der Waals surface area contributed by atoms with Crippen LogP contribution in [0.5, 0.6) is 0 Å². The lowest BCUT2D eigenvalue weighted by Crippen LogP contribution is -2.27. The topological polar surface area (TPSA) is 39.2 Å². The number of hydrogen-bond acceptors (Lipinski definition) is 2. The van der Waals surface area contributed by atoms with Gasteiger partial charge in [0.25, 0.3) is 0 Å². The molecule has 0 aromatic carbocycles. The molecule has 0 radical (unpaired) electrons. The molecule has 2 N–H and O–H groups in total. The van der Waals surface area contributed by atoms with Gasteiger partial charge in [0.1, 0.15) is 11.7 Å². The summed E-state index contributed by atoms with van der Waals surface area (Å²) in [6, 6.07) is 2.67. The fraction of sp³-hybridized carbons (Fsp3) is 0.429. The first kappa shape index (κ1) is 10.6. The van der Waals surface area contributed by atoms with Gasteiger partial charge in [-0.1, -0.05) is 0 Å². The summed E-state index contributed by atoms with van der Waals surface area (Å²) in [6.45, 7) is -0.510. The van der Waals surface area contributed by atoms with Crippen molar-refractivity contribution >= 4 is 15.9 Å². The normalized spacial score (nSPS) is 14.5. The summed E-state index contributed by atoms with van der Waals surface area (Å²) in [5, 5.41) is 0. The first-order valence-electron chi connectivity index (χ1n) is 3.47. The molecule has 0 aliphatic heterocycles. The van der Waals surface area contributed by atoms with Crippen molar-refractivity contribution in [2.45, 2.75) is 12.1 Å². The molecule has 0 amide bonds. The van der Waals surface area contributed by atoms with Crippen LogP contribution in [0.25, 0.3) is 0 Å². The highest BCUT2D eigenvalue weighted by Crippen LogP contribution is 2.35.